The van der Waals surface area contributed by atoms with Gasteiger partial charge in [0.2, 0.25) is 11.8 Å². The highest BCUT2D eigenvalue weighted by Crippen LogP contribution is 2.26. The van der Waals surface area contributed by atoms with Gasteiger partial charge in [0.05, 0.1) is 22.3 Å². The van der Waals surface area contributed by atoms with E-state index in [4.69, 9.17) is 14.1 Å². The van der Waals surface area contributed by atoms with E-state index in [1.165, 1.54) is 11.8 Å². The van der Waals surface area contributed by atoms with Crippen molar-refractivity contribution in [3.63, 3.8) is 0 Å². The van der Waals surface area contributed by atoms with Crippen LogP contribution in [0.2, 0.25) is 0 Å². The highest BCUT2D eigenvalue weighted by atomic mass is 32.2. The summed E-state index contributed by atoms with van der Waals surface area (Å²) >= 11 is 1.38. The van der Waals surface area contributed by atoms with E-state index < -0.39 is 0 Å². The summed E-state index contributed by atoms with van der Waals surface area (Å²) in [5.41, 5.74) is 1.20. The van der Waals surface area contributed by atoms with Crippen molar-refractivity contribution >= 4 is 22.7 Å². The highest BCUT2D eigenvalue weighted by Gasteiger charge is 2.15. The molecule has 0 aliphatic rings. The summed E-state index contributed by atoms with van der Waals surface area (Å²) in [4.78, 5) is 18.2. The van der Waals surface area contributed by atoms with Crippen LogP contribution in [0.4, 0.5) is 0 Å². The van der Waals surface area contributed by atoms with E-state index in [1.807, 2.05) is 79.7 Å². The first-order valence-electron chi connectivity index (χ1n) is 10.5. The average Bonchev–Trinajstić information content (AvgIpc) is 3.32. The molecule has 3 aromatic carbocycles. The number of hydrogen-bond acceptors (Lipinski definition) is 7. The van der Waals surface area contributed by atoms with E-state index in [2.05, 4.69) is 10.2 Å². The molecule has 164 valence electrons. The van der Waals surface area contributed by atoms with Gasteiger partial charge >= 0.3 is 0 Å². The maximum atomic E-state index is 13.4. The van der Waals surface area contributed by atoms with Crippen molar-refractivity contribution < 1.29 is 9.15 Å². The number of para-hydroxylation sites is 2. The van der Waals surface area contributed by atoms with Crippen molar-refractivity contribution in [1.29, 1.82) is 0 Å². The molecule has 7 nitrogen and oxygen atoms in total. The summed E-state index contributed by atoms with van der Waals surface area (Å²) in [7, 11) is 0. The van der Waals surface area contributed by atoms with Crippen molar-refractivity contribution in [2.75, 3.05) is 0 Å². The lowest BCUT2D eigenvalue weighted by Gasteiger charge is -2.13. The monoisotopic (exact) mass is 456 g/mol. The molecular weight excluding hydrogens is 436 g/mol. The zero-order valence-corrected chi connectivity index (χ0v) is 18.7. The third kappa shape index (κ3) is 4.51. The van der Waals surface area contributed by atoms with Crippen LogP contribution in [0.5, 0.6) is 11.5 Å². The summed E-state index contributed by atoms with van der Waals surface area (Å²) in [6, 6.07) is 24.3. The first-order valence-corrected chi connectivity index (χ1v) is 11.5. The molecule has 5 aromatic rings. The van der Waals surface area contributed by atoms with Crippen molar-refractivity contribution in [2.24, 2.45) is 0 Å². The molecular formula is C25H20N4O3S. The van der Waals surface area contributed by atoms with Crippen LogP contribution in [0.1, 0.15) is 18.7 Å². The van der Waals surface area contributed by atoms with Crippen LogP contribution >= 0.6 is 11.8 Å². The molecule has 0 spiro atoms. The first kappa shape index (κ1) is 21.0. The number of rotatable bonds is 7. The van der Waals surface area contributed by atoms with E-state index in [9.17, 15) is 4.79 Å². The van der Waals surface area contributed by atoms with Gasteiger partial charge in [-0.1, -0.05) is 49.0 Å². The third-order valence-electron chi connectivity index (χ3n) is 4.95. The lowest BCUT2D eigenvalue weighted by molar-refractivity contribution is 0.469. The van der Waals surface area contributed by atoms with Gasteiger partial charge in [-0.2, -0.15) is 0 Å². The second-order valence-electron chi connectivity index (χ2n) is 7.19. The molecule has 0 aliphatic heterocycles. The standard InChI is InChI=1S/C25H20N4O3S/c1-2-22-27-28-23(32-22)16-33-25-26-21-11-7-6-10-20(21)24(30)29(25)17-12-14-19(15-13-17)31-18-8-4-3-5-9-18/h3-15H,2,16H2,1H3. The quantitative estimate of drug-likeness (QED) is 0.239. The summed E-state index contributed by atoms with van der Waals surface area (Å²) < 4.78 is 13.1. The fourth-order valence-corrected chi connectivity index (χ4v) is 4.19. The predicted octanol–water partition coefficient (Wildman–Crippen LogP) is 5.42. The molecule has 0 saturated heterocycles. The number of aromatic nitrogens is 4. The molecule has 0 atom stereocenters. The van der Waals surface area contributed by atoms with Crippen LogP contribution in [-0.2, 0) is 12.2 Å². The summed E-state index contributed by atoms with van der Waals surface area (Å²) in [5, 5.41) is 9.18. The lowest BCUT2D eigenvalue weighted by atomic mass is 10.2. The third-order valence-corrected chi connectivity index (χ3v) is 5.88. The SMILES string of the molecule is CCc1nnc(CSc2nc3ccccc3c(=O)n2-c2ccc(Oc3ccccc3)cc2)o1. The first-order chi connectivity index (χ1) is 16.2. The normalized spacial score (nSPS) is 11.1. The summed E-state index contributed by atoms with van der Waals surface area (Å²) in [6.07, 6.45) is 0.675. The molecule has 5 rings (SSSR count). The van der Waals surface area contributed by atoms with Crippen LogP contribution < -0.4 is 10.3 Å². The molecule has 0 radical (unpaired) electrons. The topological polar surface area (TPSA) is 83.0 Å². The predicted molar refractivity (Wildman–Crippen MR) is 127 cm³/mol. The molecule has 0 bridgehead atoms. The minimum atomic E-state index is -0.139. The highest BCUT2D eigenvalue weighted by molar-refractivity contribution is 7.98. The number of hydrogen-bond donors (Lipinski definition) is 0. The number of ether oxygens (including phenoxy) is 1. The van der Waals surface area contributed by atoms with E-state index >= 15 is 0 Å². The van der Waals surface area contributed by atoms with E-state index in [1.54, 1.807) is 10.6 Å². The summed E-state index contributed by atoms with van der Waals surface area (Å²) in [5.74, 6) is 2.92. The number of aryl methyl sites for hydroxylation is 1. The largest absolute Gasteiger partial charge is 0.457 e. The Morgan fingerprint density at radius 3 is 2.33 bits per heavy atom. The minimum absolute atomic E-state index is 0.139. The summed E-state index contributed by atoms with van der Waals surface area (Å²) in [6.45, 7) is 1.96. The Bertz CT molecular complexity index is 1450. The van der Waals surface area contributed by atoms with Crippen molar-refractivity contribution in [1.82, 2.24) is 19.7 Å². The van der Waals surface area contributed by atoms with E-state index in [0.717, 1.165) is 5.75 Å². The van der Waals surface area contributed by atoms with Gasteiger partial charge < -0.3 is 9.15 Å². The number of fused-ring (bicyclic) bond motifs is 1. The molecule has 0 fully saturated rings. The molecule has 0 unspecified atom stereocenters. The second kappa shape index (κ2) is 9.30. The lowest BCUT2D eigenvalue weighted by Crippen LogP contribution is -2.21. The van der Waals surface area contributed by atoms with Crippen molar-refractivity contribution in [3.05, 3.63) is 101 Å². The maximum absolute atomic E-state index is 13.4. The Balaban J connectivity index is 1.50. The van der Waals surface area contributed by atoms with Crippen LogP contribution in [0, 0.1) is 0 Å². The smallest absolute Gasteiger partial charge is 0.266 e. The van der Waals surface area contributed by atoms with Gasteiger partial charge in [-0.15, -0.1) is 10.2 Å². The van der Waals surface area contributed by atoms with Gasteiger partial charge in [0.25, 0.3) is 5.56 Å². The van der Waals surface area contributed by atoms with Gasteiger partial charge in [-0.05, 0) is 48.5 Å². The zero-order chi connectivity index (χ0) is 22.6. The Morgan fingerprint density at radius 1 is 0.879 bits per heavy atom. The molecule has 8 heteroatoms. The van der Waals surface area contributed by atoms with E-state index in [-0.39, 0.29) is 5.56 Å². The van der Waals surface area contributed by atoms with Crippen LogP contribution in [0.15, 0.2) is 93.2 Å². The Morgan fingerprint density at radius 2 is 1.58 bits per heavy atom. The van der Waals surface area contributed by atoms with Gasteiger partial charge in [0, 0.05) is 6.42 Å². The fourth-order valence-electron chi connectivity index (χ4n) is 3.34. The Labute approximate surface area is 194 Å². The zero-order valence-electron chi connectivity index (χ0n) is 17.8. The number of benzene rings is 3. The molecule has 2 aromatic heterocycles. The molecule has 0 aliphatic carbocycles. The number of nitrogens with zero attached hydrogens (tertiary/aromatic N) is 4. The average molecular weight is 457 g/mol. The van der Waals surface area contributed by atoms with Crippen molar-refractivity contribution in [2.45, 2.75) is 24.3 Å². The van der Waals surface area contributed by atoms with Gasteiger partial charge in [0.15, 0.2) is 5.16 Å². The fraction of sp³-hybridized carbons (Fsp3) is 0.120. The minimum Gasteiger partial charge on any atom is -0.457 e. The number of thioether (sulfide) groups is 1. The Hall–Kier alpha value is -3.91. The molecule has 33 heavy (non-hydrogen) atoms. The van der Waals surface area contributed by atoms with Gasteiger partial charge in [0.1, 0.15) is 11.5 Å². The van der Waals surface area contributed by atoms with Crippen LogP contribution in [0.25, 0.3) is 16.6 Å². The van der Waals surface area contributed by atoms with Crippen LogP contribution in [0.3, 0.4) is 0 Å². The van der Waals surface area contributed by atoms with E-state index in [0.29, 0.717) is 51.5 Å². The second-order valence-corrected chi connectivity index (χ2v) is 8.14. The van der Waals surface area contributed by atoms with Gasteiger partial charge in [-0.25, -0.2) is 4.98 Å². The maximum Gasteiger partial charge on any atom is 0.266 e. The molecule has 0 amide bonds. The molecule has 0 N–H and O–H groups in total. The van der Waals surface area contributed by atoms with Crippen LogP contribution in [-0.4, -0.2) is 19.7 Å². The molecule has 0 saturated carbocycles. The molecule has 2 heterocycles. The van der Waals surface area contributed by atoms with Gasteiger partial charge in [-0.3, -0.25) is 9.36 Å². The Kier molecular flexibility index (Phi) is 5.91. The van der Waals surface area contributed by atoms with Crippen molar-refractivity contribution in [3.8, 4) is 17.2 Å².